The van der Waals surface area contributed by atoms with Crippen molar-refractivity contribution in [3.8, 4) is 0 Å². The van der Waals surface area contributed by atoms with Crippen molar-refractivity contribution in [1.82, 2.24) is 19.4 Å². The van der Waals surface area contributed by atoms with Crippen LogP contribution in [0.15, 0.2) is 29.8 Å². The van der Waals surface area contributed by atoms with Crippen LogP contribution < -0.4 is 16.2 Å². The Morgan fingerprint density at radius 2 is 1.86 bits per heavy atom. The molecule has 9 nitrogen and oxygen atoms in total. The van der Waals surface area contributed by atoms with Gasteiger partial charge in [-0.15, -0.1) is 0 Å². The van der Waals surface area contributed by atoms with Gasteiger partial charge >= 0.3 is 0 Å². The Morgan fingerprint density at radius 1 is 1.14 bits per heavy atom. The van der Waals surface area contributed by atoms with Gasteiger partial charge in [-0.25, -0.2) is 9.97 Å². The van der Waals surface area contributed by atoms with Gasteiger partial charge in [0.1, 0.15) is 35.0 Å². The fraction of sp³-hybridized carbons (Fsp3) is 0.350. The van der Waals surface area contributed by atoms with E-state index in [9.17, 15) is 14.4 Å². The molecule has 2 aromatic rings. The molecule has 3 heterocycles. The molecule has 1 spiro atoms. The van der Waals surface area contributed by atoms with Crippen LogP contribution >= 0.6 is 0 Å². The number of nitrogens with zero attached hydrogens (tertiary/aromatic N) is 4. The van der Waals surface area contributed by atoms with E-state index in [2.05, 4.69) is 27.2 Å². The first-order chi connectivity index (χ1) is 14.0. The predicted octanol–water partition coefficient (Wildman–Crippen LogP) is 2.30. The summed E-state index contributed by atoms with van der Waals surface area (Å²) in [5.41, 5.74) is 0.325. The molecule has 1 aliphatic carbocycles. The van der Waals surface area contributed by atoms with E-state index in [4.69, 9.17) is 0 Å². The summed E-state index contributed by atoms with van der Waals surface area (Å²) in [6.45, 7) is 3.83. The topological polar surface area (TPSA) is 109 Å². The second kappa shape index (κ2) is 7.16. The molecule has 2 aromatic heterocycles. The third-order valence-electron chi connectivity index (χ3n) is 5.79. The molecule has 9 heteroatoms. The first kappa shape index (κ1) is 18.9. The molecular formula is C20H22N6O3. The maximum absolute atomic E-state index is 13.5. The van der Waals surface area contributed by atoms with E-state index < -0.39 is 5.66 Å². The number of carbonyl (C=O) groups excluding carboxylic acids is 2. The van der Waals surface area contributed by atoms with Gasteiger partial charge in [-0.2, -0.15) is 0 Å². The van der Waals surface area contributed by atoms with Crippen molar-refractivity contribution in [2.45, 2.75) is 37.8 Å². The number of aromatic nitrogens is 3. The number of anilines is 3. The molecule has 0 unspecified atom stereocenters. The lowest BCUT2D eigenvalue weighted by Gasteiger charge is -2.40. The SMILES string of the molecule is C=Cc1cc(Nc2cc(NC=O)ncn2)c(=O)n2c1C(=O)N(C)C21CCCCC1. The summed E-state index contributed by atoms with van der Waals surface area (Å²) in [4.78, 5) is 46.9. The molecule has 1 aliphatic heterocycles. The standard InChI is InChI=1S/C20H22N6O3/c1-3-13-9-14(24-16-10-15(23-12-27)21-11-22-16)18(28)26-17(13)19(29)25(2)20(26)7-5-4-6-8-20/h3,9-12H,1,4-8H2,2H3,(H2,21,22,23,24,27). The third kappa shape index (κ3) is 2.89. The fourth-order valence-corrected chi connectivity index (χ4v) is 4.38. The molecule has 29 heavy (non-hydrogen) atoms. The van der Waals surface area contributed by atoms with Crippen LogP contribution in [0.25, 0.3) is 6.08 Å². The Morgan fingerprint density at radius 3 is 2.55 bits per heavy atom. The van der Waals surface area contributed by atoms with Gasteiger partial charge in [0, 0.05) is 18.7 Å². The normalized spacial score (nSPS) is 17.1. The quantitative estimate of drug-likeness (QED) is 0.753. The molecule has 0 aromatic carbocycles. The Hall–Kier alpha value is -3.49. The summed E-state index contributed by atoms with van der Waals surface area (Å²) in [6.07, 6.45) is 7.87. The monoisotopic (exact) mass is 394 g/mol. The first-order valence-electron chi connectivity index (χ1n) is 9.52. The zero-order chi connectivity index (χ0) is 20.6. The zero-order valence-electron chi connectivity index (χ0n) is 16.1. The van der Waals surface area contributed by atoms with Crippen LogP contribution in [0.5, 0.6) is 0 Å². The number of nitrogens with one attached hydrogen (secondary N) is 2. The number of carbonyl (C=O) groups is 2. The Kier molecular flexibility index (Phi) is 4.65. The second-order valence-corrected chi connectivity index (χ2v) is 7.29. The van der Waals surface area contributed by atoms with E-state index in [1.807, 2.05) is 0 Å². The average molecular weight is 394 g/mol. The minimum absolute atomic E-state index is 0.162. The van der Waals surface area contributed by atoms with Crippen molar-refractivity contribution < 1.29 is 9.59 Å². The van der Waals surface area contributed by atoms with E-state index in [0.29, 0.717) is 29.3 Å². The number of hydrogen-bond acceptors (Lipinski definition) is 6. The van der Waals surface area contributed by atoms with Gasteiger partial charge in [0.15, 0.2) is 0 Å². The van der Waals surface area contributed by atoms with Crippen LogP contribution in [0, 0.1) is 0 Å². The van der Waals surface area contributed by atoms with Crippen molar-refractivity contribution in [2.24, 2.45) is 0 Å². The molecule has 2 aliphatic rings. The molecule has 0 saturated heterocycles. The van der Waals surface area contributed by atoms with Crippen LogP contribution in [0.3, 0.4) is 0 Å². The van der Waals surface area contributed by atoms with Gasteiger partial charge in [-0.1, -0.05) is 19.1 Å². The highest BCUT2D eigenvalue weighted by atomic mass is 16.2. The summed E-state index contributed by atoms with van der Waals surface area (Å²) in [6, 6.07) is 3.14. The third-order valence-corrected chi connectivity index (χ3v) is 5.79. The molecule has 150 valence electrons. The van der Waals surface area contributed by atoms with Gasteiger partial charge < -0.3 is 15.5 Å². The smallest absolute Gasteiger partial charge is 0.276 e. The van der Waals surface area contributed by atoms with Crippen molar-refractivity contribution in [2.75, 3.05) is 17.7 Å². The molecule has 2 amide bonds. The van der Waals surface area contributed by atoms with E-state index in [-0.39, 0.29) is 17.2 Å². The molecular weight excluding hydrogens is 372 g/mol. The van der Waals surface area contributed by atoms with Crippen LogP contribution in [0.2, 0.25) is 0 Å². The number of fused-ring (bicyclic) bond motifs is 2. The van der Waals surface area contributed by atoms with Crippen LogP contribution in [-0.2, 0) is 10.5 Å². The molecule has 0 atom stereocenters. The number of pyridine rings is 1. The summed E-state index contributed by atoms with van der Waals surface area (Å²) in [5.74, 6) is 0.499. The zero-order valence-corrected chi connectivity index (χ0v) is 16.1. The lowest BCUT2D eigenvalue weighted by molar-refractivity contribution is -0.105. The number of rotatable bonds is 5. The van der Waals surface area contributed by atoms with Crippen molar-refractivity contribution in [1.29, 1.82) is 0 Å². The Bertz CT molecular complexity index is 1050. The number of hydrogen-bond donors (Lipinski definition) is 2. The van der Waals surface area contributed by atoms with E-state index >= 15 is 0 Å². The summed E-state index contributed by atoms with van der Waals surface area (Å²) in [7, 11) is 1.77. The highest BCUT2D eigenvalue weighted by Gasteiger charge is 2.49. The average Bonchev–Trinajstić information content (AvgIpc) is 2.94. The lowest BCUT2D eigenvalue weighted by atomic mass is 9.88. The maximum atomic E-state index is 13.5. The number of amides is 2. The van der Waals surface area contributed by atoms with E-state index in [1.54, 1.807) is 28.7 Å². The van der Waals surface area contributed by atoms with Crippen LogP contribution in [0.1, 0.15) is 48.2 Å². The minimum atomic E-state index is -0.646. The summed E-state index contributed by atoms with van der Waals surface area (Å²) in [5, 5.41) is 5.46. The summed E-state index contributed by atoms with van der Waals surface area (Å²) < 4.78 is 1.64. The second-order valence-electron chi connectivity index (χ2n) is 7.29. The molecule has 0 radical (unpaired) electrons. The van der Waals surface area contributed by atoms with Crippen molar-refractivity contribution in [3.05, 3.63) is 46.7 Å². The highest BCUT2D eigenvalue weighted by molar-refractivity contribution is 5.99. The minimum Gasteiger partial charge on any atom is -0.336 e. The van der Waals surface area contributed by atoms with Crippen molar-refractivity contribution in [3.63, 3.8) is 0 Å². The van der Waals surface area contributed by atoms with E-state index in [1.165, 1.54) is 12.4 Å². The van der Waals surface area contributed by atoms with Crippen LogP contribution in [0.4, 0.5) is 17.3 Å². The van der Waals surface area contributed by atoms with Gasteiger partial charge in [-0.05, 0) is 31.7 Å². The van der Waals surface area contributed by atoms with E-state index in [0.717, 1.165) is 32.1 Å². The molecule has 2 N–H and O–H groups in total. The Balaban J connectivity index is 1.86. The molecule has 4 rings (SSSR count). The predicted molar refractivity (Wildman–Crippen MR) is 109 cm³/mol. The largest absolute Gasteiger partial charge is 0.336 e. The highest BCUT2D eigenvalue weighted by Crippen LogP contribution is 2.43. The lowest BCUT2D eigenvalue weighted by Crippen LogP contribution is -2.49. The fourth-order valence-electron chi connectivity index (χ4n) is 4.38. The molecule has 1 fully saturated rings. The summed E-state index contributed by atoms with van der Waals surface area (Å²) >= 11 is 0. The first-order valence-corrected chi connectivity index (χ1v) is 9.52. The molecule has 0 bridgehead atoms. The van der Waals surface area contributed by atoms with Gasteiger partial charge in [0.05, 0.1) is 0 Å². The van der Waals surface area contributed by atoms with Gasteiger partial charge in [0.2, 0.25) is 6.41 Å². The van der Waals surface area contributed by atoms with Gasteiger partial charge in [-0.3, -0.25) is 19.0 Å². The Labute approximate surface area is 167 Å². The molecule has 1 saturated carbocycles. The van der Waals surface area contributed by atoms with Gasteiger partial charge in [0.25, 0.3) is 11.5 Å². The van der Waals surface area contributed by atoms with Crippen molar-refractivity contribution >= 4 is 35.7 Å². The van der Waals surface area contributed by atoms with Crippen LogP contribution in [-0.4, -0.2) is 38.8 Å². The maximum Gasteiger partial charge on any atom is 0.276 e.